The predicted molar refractivity (Wildman–Crippen MR) is 76.8 cm³/mol. The van der Waals surface area contributed by atoms with Gasteiger partial charge in [-0.25, -0.2) is 0 Å². The Balaban J connectivity index is 2.62. The van der Waals surface area contributed by atoms with Crippen molar-refractivity contribution in [2.75, 3.05) is 13.6 Å². The molecule has 0 bridgehead atoms. The summed E-state index contributed by atoms with van der Waals surface area (Å²) in [7, 11) is 1.62. The van der Waals surface area contributed by atoms with Crippen LogP contribution in [-0.2, 0) is 0 Å². The van der Waals surface area contributed by atoms with Gasteiger partial charge >= 0.3 is 0 Å². The Morgan fingerprint density at radius 3 is 2.89 bits per heavy atom. The molecule has 5 heteroatoms. The molecular formula is C14H12BrN3O. The maximum atomic E-state index is 12.3. The predicted octanol–water partition coefficient (Wildman–Crippen LogP) is 2.90. The van der Waals surface area contributed by atoms with Gasteiger partial charge in [-0.3, -0.25) is 9.78 Å². The maximum absolute atomic E-state index is 12.3. The number of pyridine rings is 1. The number of carbonyl (C=O) groups excluding carboxylic acids is 1. The molecule has 0 atom stereocenters. The molecule has 0 aliphatic carbocycles. The Hall–Kier alpha value is -1.93. The number of rotatable bonds is 2. The van der Waals surface area contributed by atoms with Crippen molar-refractivity contribution in [3.05, 3.63) is 40.0 Å². The summed E-state index contributed by atoms with van der Waals surface area (Å²) in [6, 6.07) is 9.36. The van der Waals surface area contributed by atoms with Crippen LogP contribution in [0.25, 0.3) is 10.9 Å². The number of nitriles is 1. The summed E-state index contributed by atoms with van der Waals surface area (Å²) in [4.78, 5) is 18.2. The lowest BCUT2D eigenvalue weighted by atomic mass is 10.1. The third-order valence-corrected chi connectivity index (χ3v) is 3.28. The average Bonchev–Trinajstić information content (AvgIpc) is 2.38. The number of aryl methyl sites for hydroxylation is 1. The van der Waals surface area contributed by atoms with Gasteiger partial charge in [0.25, 0.3) is 5.91 Å². The largest absolute Gasteiger partial charge is 0.328 e. The average molecular weight is 318 g/mol. The van der Waals surface area contributed by atoms with Crippen LogP contribution in [0.2, 0.25) is 0 Å². The van der Waals surface area contributed by atoms with Crippen LogP contribution in [-0.4, -0.2) is 29.4 Å². The monoisotopic (exact) mass is 317 g/mol. The van der Waals surface area contributed by atoms with Gasteiger partial charge < -0.3 is 4.90 Å². The van der Waals surface area contributed by atoms with Crippen LogP contribution in [0, 0.1) is 18.3 Å². The summed E-state index contributed by atoms with van der Waals surface area (Å²) in [5.41, 5.74) is 2.13. The molecule has 19 heavy (non-hydrogen) atoms. The van der Waals surface area contributed by atoms with E-state index in [1.165, 1.54) is 4.90 Å². The van der Waals surface area contributed by atoms with E-state index in [-0.39, 0.29) is 12.5 Å². The molecule has 4 nitrogen and oxygen atoms in total. The smallest absolute Gasteiger partial charge is 0.255 e. The van der Waals surface area contributed by atoms with E-state index in [1.54, 1.807) is 13.1 Å². The highest BCUT2D eigenvalue weighted by Crippen LogP contribution is 2.23. The molecule has 0 aliphatic rings. The zero-order valence-corrected chi connectivity index (χ0v) is 12.2. The molecule has 96 valence electrons. The van der Waals surface area contributed by atoms with Crippen LogP contribution in [0.1, 0.15) is 16.1 Å². The van der Waals surface area contributed by atoms with E-state index in [0.29, 0.717) is 5.56 Å². The number of fused-ring (bicyclic) bond motifs is 1. The summed E-state index contributed by atoms with van der Waals surface area (Å²) < 4.78 is 0.891. The molecule has 2 aromatic rings. The summed E-state index contributed by atoms with van der Waals surface area (Å²) >= 11 is 3.40. The Kier molecular flexibility index (Phi) is 3.82. The molecule has 0 N–H and O–H groups in total. The fourth-order valence-corrected chi connectivity index (χ4v) is 2.25. The third-order valence-electron chi connectivity index (χ3n) is 2.78. The van der Waals surface area contributed by atoms with Crippen LogP contribution >= 0.6 is 15.9 Å². The van der Waals surface area contributed by atoms with E-state index in [0.717, 1.165) is 21.1 Å². The van der Waals surface area contributed by atoms with Crippen molar-refractivity contribution in [2.24, 2.45) is 0 Å². The van der Waals surface area contributed by atoms with Gasteiger partial charge in [-0.2, -0.15) is 5.26 Å². The second kappa shape index (κ2) is 5.37. The van der Waals surface area contributed by atoms with Gasteiger partial charge in [0.2, 0.25) is 0 Å². The van der Waals surface area contributed by atoms with Crippen LogP contribution in [0.4, 0.5) is 0 Å². The van der Waals surface area contributed by atoms with Crippen molar-refractivity contribution in [1.29, 1.82) is 5.26 Å². The van der Waals surface area contributed by atoms with E-state index < -0.39 is 0 Å². The summed E-state index contributed by atoms with van der Waals surface area (Å²) in [5, 5.41) is 9.47. The highest BCUT2D eigenvalue weighted by Gasteiger charge is 2.16. The van der Waals surface area contributed by atoms with E-state index in [1.807, 2.05) is 31.2 Å². The molecule has 1 aromatic heterocycles. The number of amides is 1. The molecule has 0 aliphatic heterocycles. The van der Waals surface area contributed by atoms with Gasteiger partial charge in [-0.1, -0.05) is 15.9 Å². The first-order valence-electron chi connectivity index (χ1n) is 5.72. The molecule has 0 saturated carbocycles. The molecule has 0 spiro atoms. The van der Waals surface area contributed by atoms with Crippen molar-refractivity contribution in [3.8, 4) is 6.07 Å². The normalized spacial score (nSPS) is 10.2. The number of carbonyl (C=O) groups is 1. The zero-order valence-electron chi connectivity index (χ0n) is 10.6. The van der Waals surface area contributed by atoms with E-state index in [4.69, 9.17) is 5.26 Å². The lowest BCUT2D eigenvalue weighted by Gasteiger charge is -2.15. The lowest BCUT2D eigenvalue weighted by Crippen LogP contribution is -2.27. The number of benzene rings is 1. The fourth-order valence-electron chi connectivity index (χ4n) is 1.89. The van der Waals surface area contributed by atoms with Crippen LogP contribution < -0.4 is 0 Å². The topological polar surface area (TPSA) is 57.0 Å². The van der Waals surface area contributed by atoms with Crippen molar-refractivity contribution < 1.29 is 4.79 Å². The minimum Gasteiger partial charge on any atom is -0.328 e. The first kappa shape index (κ1) is 13.5. The SMILES string of the molecule is Cc1cc(C(=O)N(C)CC#N)c2cc(Br)ccc2n1. The standard InChI is InChI=1S/C14H12BrN3O/c1-9-7-12(14(19)18(2)6-5-16)11-8-10(15)3-4-13(11)17-9/h3-4,7-8H,6H2,1-2H3. The van der Waals surface area contributed by atoms with Gasteiger partial charge in [0.1, 0.15) is 6.54 Å². The Labute approximate surface area is 119 Å². The van der Waals surface area contributed by atoms with E-state index >= 15 is 0 Å². The second-order valence-corrected chi connectivity index (χ2v) is 5.21. The maximum Gasteiger partial charge on any atom is 0.255 e. The molecule has 1 heterocycles. The summed E-state index contributed by atoms with van der Waals surface area (Å²) in [5.74, 6) is -0.171. The van der Waals surface area contributed by atoms with E-state index in [2.05, 4.69) is 20.9 Å². The summed E-state index contributed by atoms with van der Waals surface area (Å²) in [6.45, 7) is 1.91. The van der Waals surface area contributed by atoms with Crippen LogP contribution in [0.15, 0.2) is 28.7 Å². The number of hydrogen-bond donors (Lipinski definition) is 0. The highest BCUT2D eigenvalue weighted by atomic mass is 79.9. The molecule has 1 aromatic carbocycles. The number of hydrogen-bond acceptors (Lipinski definition) is 3. The molecule has 0 radical (unpaired) electrons. The highest BCUT2D eigenvalue weighted by molar-refractivity contribution is 9.10. The zero-order chi connectivity index (χ0) is 14.0. The van der Waals surface area contributed by atoms with E-state index in [9.17, 15) is 4.79 Å². The Bertz CT molecular complexity index is 691. The van der Waals surface area contributed by atoms with Crippen molar-refractivity contribution in [3.63, 3.8) is 0 Å². The minimum atomic E-state index is -0.171. The van der Waals surface area contributed by atoms with Crippen LogP contribution in [0.5, 0.6) is 0 Å². The van der Waals surface area contributed by atoms with Crippen LogP contribution in [0.3, 0.4) is 0 Å². The molecule has 0 saturated heterocycles. The molecular weight excluding hydrogens is 306 g/mol. The van der Waals surface area contributed by atoms with Gasteiger partial charge in [-0.15, -0.1) is 0 Å². The first-order chi connectivity index (χ1) is 9.02. The molecule has 0 fully saturated rings. The number of aromatic nitrogens is 1. The van der Waals surface area contributed by atoms with Crippen molar-refractivity contribution in [1.82, 2.24) is 9.88 Å². The quantitative estimate of drug-likeness (QED) is 0.800. The summed E-state index contributed by atoms with van der Waals surface area (Å²) in [6.07, 6.45) is 0. The first-order valence-corrected chi connectivity index (χ1v) is 6.51. The molecule has 2 rings (SSSR count). The van der Waals surface area contributed by atoms with Gasteiger partial charge in [0.15, 0.2) is 0 Å². The molecule has 0 unspecified atom stereocenters. The molecule has 1 amide bonds. The Morgan fingerprint density at radius 1 is 1.47 bits per heavy atom. The van der Waals surface area contributed by atoms with Gasteiger partial charge in [0.05, 0.1) is 17.1 Å². The minimum absolute atomic E-state index is 0.0652. The fraction of sp³-hybridized carbons (Fsp3) is 0.214. The van der Waals surface area contributed by atoms with Gasteiger partial charge in [-0.05, 0) is 31.2 Å². The Morgan fingerprint density at radius 2 is 2.21 bits per heavy atom. The number of nitrogens with zero attached hydrogens (tertiary/aromatic N) is 3. The second-order valence-electron chi connectivity index (χ2n) is 4.29. The number of halogens is 1. The lowest BCUT2D eigenvalue weighted by molar-refractivity contribution is 0.0813. The van der Waals surface area contributed by atoms with Gasteiger partial charge in [0, 0.05) is 22.6 Å². The van der Waals surface area contributed by atoms with Crippen molar-refractivity contribution in [2.45, 2.75) is 6.92 Å². The van der Waals surface area contributed by atoms with Crippen molar-refractivity contribution >= 4 is 32.7 Å². The third kappa shape index (κ3) is 2.74.